The van der Waals surface area contributed by atoms with Gasteiger partial charge in [0.15, 0.2) is 0 Å². The van der Waals surface area contributed by atoms with Crippen molar-refractivity contribution in [3.63, 3.8) is 0 Å². The van der Waals surface area contributed by atoms with Crippen molar-refractivity contribution in [2.24, 2.45) is 5.41 Å². The van der Waals surface area contributed by atoms with Crippen LogP contribution in [-0.2, 0) is 6.42 Å². The molecule has 100 valence electrons. The van der Waals surface area contributed by atoms with Gasteiger partial charge in [-0.25, -0.2) is 9.97 Å². The van der Waals surface area contributed by atoms with E-state index in [1.54, 1.807) is 6.33 Å². The first-order valence-electron chi connectivity index (χ1n) is 7.00. The lowest BCUT2D eigenvalue weighted by molar-refractivity contribution is 0.145. The van der Waals surface area contributed by atoms with E-state index in [9.17, 15) is 0 Å². The molecule has 1 aromatic heterocycles. The maximum Gasteiger partial charge on any atom is 0.134 e. The van der Waals surface area contributed by atoms with Gasteiger partial charge in [0.2, 0.25) is 0 Å². The summed E-state index contributed by atoms with van der Waals surface area (Å²) in [6, 6.07) is 0. The van der Waals surface area contributed by atoms with E-state index in [2.05, 4.69) is 34.4 Å². The Morgan fingerprint density at radius 3 is 2.44 bits per heavy atom. The third kappa shape index (κ3) is 2.42. The van der Waals surface area contributed by atoms with Crippen LogP contribution in [-0.4, -0.2) is 23.6 Å². The third-order valence-corrected chi connectivity index (χ3v) is 4.33. The average Bonchev–Trinajstić information content (AvgIpc) is 2.37. The van der Waals surface area contributed by atoms with Crippen LogP contribution in [0.2, 0.25) is 0 Å². The summed E-state index contributed by atoms with van der Waals surface area (Å²) in [4.78, 5) is 8.66. The highest BCUT2D eigenvalue weighted by molar-refractivity contribution is 5.57. The first-order chi connectivity index (χ1) is 8.74. The molecule has 0 atom stereocenters. The maximum absolute atomic E-state index is 4.39. The number of nitrogens with zero attached hydrogens (tertiary/aromatic N) is 2. The zero-order valence-electron chi connectivity index (χ0n) is 11.7. The minimum atomic E-state index is 0.510. The van der Waals surface area contributed by atoms with E-state index in [-0.39, 0.29) is 0 Å². The van der Waals surface area contributed by atoms with Crippen molar-refractivity contribution in [1.29, 1.82) is 0 Å². The van der Waals surface area contributed by atoms with Crippen LogP contribution in [0.3, 0.4) is 0 Å². The maximum atomic E-state index is 4.39. The van der Waals surface area contributed by atoms with Gasteiger partial charge in [0.1, 0.15) is 18.0 Å². The number of hydrogen-bond acceptors (Lipinski definition) is 4. The first-order valence-corrected chi connectivity index (χ1v) is 7.00. The standard InChI is InChI=1S/C14H24N4/c1-4-11-12(15-3)17-10-18-13(11)16-9-14(5-2)7-6-8-14/h10H,4-9H2,1-3H3,(H2,15,16,17,18). The molecule has 18 heavy (non-hydrogen) atoms. The lowest BCUT2D eigenvalue weighted by Gasteiger charge is -2.41. The highest BCUT2D eigenvalue weighted by Crippen LogP contribution is 2.43. The number of rotatable bonds is 6. The molecule has 1 aromatic rings. The van der Waals surface area contributed by atoms with Crippen molar-refractivity contribution in [1.82, 2.24) is 9.97 Å². The molecule has 0 amide bonds. The quantitative estimate of drug-likeness (QED) is 0.812. The Labute approximate surface area is 110 Å². The summed E-state index contributed by atoms with van der Waals surface area (Å²) in [6.45, 7) is 5.47. The lowest BCUT2D eigenvalue weighted by Crippen LogP contribution is -2.36. The van der Waals surface area contributed by atoms with E-state index in [1.807, 2.05) is 7.05 Å². The smallest absolute Gasteiger partial charge is 0.134 e. The monoisotopic (exact) mass is 248 g/mol. The molecule has 1 heterocycles. The molecular weight excluding hydrogens is 224 g/mol. The molecule has 4 heteroatoms. The summed E-state index contributed by atoms with van der Waals surface area (Å²) >= 11 is 0. The van der Waals surface area contributed by atoms with Gasteiger partial charge in [-0.2, -0.15) is 0 Å². The van der Waals surface area contributed by atoms with Gasteiger partial charge in [-0.1, -0.05) is 20.3 Å². The number of anilines is 2. The molecule has 4 nitrogen and oxygen atoms in total. The van der Waals surface area contributed by atoms with Crippen molar-refractivity contribution in [3.05, 3.63) is 11.9 Å². The second-order valence-corrected chi connectivity index (χ2v) is 5.21. The van der Waals surface area contributed by atoms with Crippen molar-refractivity contribution >= 4 is 11.6 Å². The van der Waals surface area contributed by atoms with Crippen molar-refractivity contribution in [2.75, 3.05) is 24.2 Å². The molecular formula is C14H24N4. The Morgan fingerprint density at radius 2 is 1.94 bits per heavy atom. The van der Waals surface area contributed by atoms with Gasteiger partial charge < -0.3 is 10.6 Å². The number of aromatic nitrogens is 2. The molecule has 1 aliphatic rings. The Bertz CT molecular complexity index is 393. The molecule has 0 saturated heterocycles. The van der Waals surface area contributed by atoms with Gasteiger partial charge in [0.25, 0.3) is 0 Å². The number of hydrogen-bond donors (Lipinski definition) is 2. The molecule has 0 aliphatic heterocycles. The van der Waals surface area contributed by atoms with Crippen LogP contribution in [0, 0.1) is 5.41 Å². The zero-order chi connectivity index (χ0) is 13.0. The van der Waals surface area contributed by atoms with Crippen LogP contribution in [0.4, 0.5) is 11.6 Å². The SMILES string of the molecule is CCc1c(NC)ncnc1NCC1(CC)CCC1. The Morgan fingerprint density at radius 1 is 1.22 bits per heavy atom. The van der Waals surface area contributed by atoms with Crippen LogP contribution in [0.15, 0.2) is 6.33 Å². The average molecular weight is 248 g/mol. The molecule has 1 fully saturated rings. The Balaban J connectivity index is 2.09. The van der Waals surface area contributed by atoms with Crippen LogP contribution in [0.25, 0.3) is 0 Å². The lowest BCUT2D eigenvalue weighted by atomic mass is 9.67. The van der Waals surface area contributed by atoms with Crippen molar-refractivity contribution < 1.29 is 0 Å². The fourth-order valence-corrected chi connectivity index (χ4v) is 2.72. The summed E-state index contributed by atoms with van der Waals surface area (Å²) in [5, 5.41) is 6.68. The van der Waals surface area contributed by atoms with Gasteiger partial charge >= 0.3 is 0 Å². The summed E-state index contributed by atoms with van der Waals surface area (Å²) < 4.78 is 0. The van der Waals surface area contributed by atoms with E-state index in [1.165, 1.54) is 31.2 Å². The van der Waals surface area contributed by atoms with Crippen molar-refractivity contribution in [3.8, 4) is 0 Å². The normalized spacial score (nSPS) is 17.1. The first kappa shape index (κ1) is 13.1. The third-order valence-electron chi connectivity index (χ3n) is 4.33. The van der Waals surface area contributed by atoms with Crippen LogP contribution >= 0.6 is 0 Å². The minimum Gasteiger partial charge on any atom is -0.373 e. The fraction of sp³-hybridized carbons (Fsp3) is 0.714. The topological polar surface area (TPSA) is 49.8 Å². The van der Waals surface area contributed by atoms with Gasteiger partial charge in [-0.15, -0.1) is 0 Å². The predicted molar refractivity (Wildman–Crippen MR) is 76.0 cm³/mol. The summed E-state index contributed by atoms with van der Waals surface area (Å²) in [5.74, 6) is 1.94. The van der Waals surface area contributed by atoms with E-state index in [0.29, 0.717) is 5.41 Å². The molecule has 1 aliphatic carbocycles. The molecule has 0 spiro atoms. The predicted octanol–water partition coefficient (Wildman–Crippen LogP) is 3.07. The summed E-state index contributed by atoms with van der Waals surface area (Å²) in [6.07, 6.45) is 7.90. The minimum absolute atomic E-state index is 0.510. The molecule has 0 bridgehead atoms. The molecule has 0 aromatic carbocycles. The molecule has 0 radical (unpaired) electrons. The second kappa shape index (κ2) is 5.55. The van der Waals surface area contributed by atoms with Gasteiger partial charge in [-0.3, -0.25) is 0 Å². The van der Waals surface area contributed by atoms with E-state index >= 15 is 0 Å². The van der Waals surface area contributed by atoms with Gasteiger partial charge in [0.05, 0.1) is 0 Å². The van der Waals surface area contributed by atoms with Crippen LogP contribution in [0.5, 0.6) is 0 Å². The van der Waals surface area contributed by atoms with Gasteiger partial charge in [0, 0.05) is 19.2 Å². The fourth-order valence-electron chi connectivity index (χ4n) is 2.72. The van der Waals surface area contributed by atoms with Crippen molar-refractivity contribution in [2.45, 2.75) is 46.0 Å². The molecule has 2 rings (SSSR count). The summed E-state index contributed by atoms with van der Waals surface area (Å²) in [5.41, 5.74) is 1.70. The Hall–Kier alpha value is -1.32. The van der Waals surface area contributed by atoms with E-state index in [4.69, 9.17) is 0 Å². The van der Waals surface area contributed by atoms with E-state index < -0.39 is 0 Å². The summed E-state index contributed by atoms with van der Waals surface area (Å²) in [7, 11) is 1.91. The second-order valence-electron chi connectivity index (χ2n) is 5.21. The molecule has 0 unspecified atom stereocenters. The van der Waals surface area contributed by atoms with Crippen LogP contribution < -0.4 is 10.6 Å². The highest BCUT2D eigenvalue weighted by atomic mass is 15.1. The van der Waals surface area contributed by atoms with Gasteiger partial charge in [-0.05, 0) is 31.1 Å². The van der Waals surface area contributed by atoms with E-state index in [0.717, 1.165) is 24.6 Å². The molecule has 1 saturated carbocycles. The highest BCUT2D eigenvalue weighted by Gasteiger charge is 2.34. The number of nitrogens with one attached hydrogen (secondary N) is 2. The zero-order valence-corrected chi connectivity index (χ0v) is 11.7. The Kier molecular flexibility index (Phi) is 4.04. The van der Waals surface area contributed by atoms with Crippen LogP contribution in [0.1, 0.15) is 45.1 Å². The largest absolute Gasteiger partial charge is 0.373 e. The molecule has 2 N–H and O–H groups in total.